The Morgan fingerprint density at radius 2 is 0.636 bits per heavy atom. The quantitative estimate of drug-likeness (QED) is 0.0694. The van der Waals surface area contributed by atoms with Crippen LogP contribution < -0.4 is 0 Å². The minimum absolute atomic E-state index is 0.221. The van der Waals surface area contributed by atoms with E-state index in [1.165, 1.54) is 82.3 Å². The molecule has 0 saturated carbocycles. The number of aryl methyl sites for hydroxylation is 2. The van der Waals surface area contributed by atoms with Crippen molar-refractivity contribution in [1.29, 1.82) is 0 Å². The second-order valence-corrected chi connectivity index (χ2v) is 16.8. The molecule has 0 aromatic heterocycles. The normalized spacial score (nSPS) is 14.2. The fraction of sp³-hybridized carbons (Fsp3) is 0.547. The van der Waals surface area contributed by atoms with Crippen LogP contribution in [-0.4, -0.2) is 10.2 Å². The van der Waals surface area contributed by atoms with E-state index in [9.17, 15) is 10.2 Å². The monoisotopic (exact) mass is 751 g/mol. The van der Waals surface area contributed by atoms with Gasteiger partial charge in [0.1, 0.15) is 11.5 Å². The zero-order valence-corrected chi connectivity index (χ0v) is 37.5. The first-order valence-corrected chi connectivity index (χ1v) is 21.6. The maximum atomic E-state index is 10.2. The van der Waals surface area contributed by atoms with Crippen molar-refractivity contribution in [3.05, 3.63) is 128 Å². The first-order chi connectivity index (χ1) is 26.2. The van der Waals surface area contributed by atoms with Gasteiger partial charge >= 0.3 is 0 Å². The van der Waals surface area contributed by atoms with Gasteiger partial charge in [0.05, 0.1) is 0 Å². The Balaban J connectivity index is 2.25. The van der Waals surface area contributed by atoms with E-state index < -0.39 is 0 Å². The van der Waals surface area contributed by atoms with Crippen LogP contribution in [0.15, 0.2) is 117 Å². The average Bonchev–Trinajstić information content (AvgIpc) is 3.10. The van der Waals surface area contributed by atoms with Crippen molar-refractivity contribution in [2.45, 2.75) is 192 Å². The first kappa shape index (κ1) is 49.5. The van der Waals surface area contributed by atoms with E-state index in [1.54, 1.807) is 12.1 Å². The summed E-state index contributed by atoms with van der Waals surface area (Å²) in [4.78, 5) is 0. The van der Waals surface area contributed by atoms with Gasteiger partial charge in [0.15, 0.2) is 0 Å². The number of allylic oxidation sites excluding steroid dienone is 18. The van der Waals surface area contributed by atoms with E-state index in [0.717, 1.165) is 94.6 Å². The van der Waals surface area contributed by atoms with E-state index in [2.05, 4.69) is 124 Å². The molecule has 306 valence electrons. The zero-order valence-electron chi connectivity index (χ0n) is 37.5. The third-order valence-electron chi connectivity index (χ3n) is 10.6. The number of aromatic hydroxyl groups is 2. The summed E-state index contributed by atoms with van der Waals surface area (Å²) in [6.45, 7) is 24.4. The standard InChI is InChI=1S/C53H82O2/c1-41(2)21-12-22-42(3)23-13-24-43(4)25-14-26-44(5)27-15-28-45(6)29-16-30-46(7)31-17-32-47(8)33-18-34-48(9)35-19-36-49(10)37-20-38-51-40-52(54)39-50(11)53(51)55/h21,23,25,27,29,31,33,35,37,39-40,54-55H,12-20,22,24,26,28,30,32,34,36,38H2,1-11H3/b42-23+,43-25+,44-27+,45-29+,46-31+,47-33+,48-35+,49-37+. The Morgan fingerprint density at radius 3 is 0.909 bits per heavy atom. The molecule has 0 fully saturated rings. The van der Waals surface area contributed by atoms with Crippen LogP contribution in [0.25, 0.3) is 0 Å². The molecule has 0 atom stereocenters. The maximum Gasteiger partial charge on any atom is 0.121 e. The number of benzene rings is 1. The average molecular weight is 751 g/mol. The van der Waals surface area contributed by atoms with Gasteiger partial charge in [-0.05, 0) is 215 Å². The van der Waals surface area contributed by atoms with Crippen molar-refractivity contribution in [2.75, 3.05) is 0 Å². The lowest BCUT2D eigenvalue weighted by atomic mass is 10.0. The molecule has 0 amide bonds. The molecule has 0 unspecified atom stereocenters. The van der Waals surface area contributed by atoms with Crippen molar-refractivity contribution in [3.63, 3.8) is 0 Å². The molecule has 2 heteroatoms. The van der Waals surface area contributed by atoms with Crippen molar-refractivity contribution >= 4 is 0 Å². The number of hydrogen-bond donors (Lipinski definition) is 2. The van der Waals surface area contributed by atoms with Gasteiger partial charge in [0.2, 0.25) is 0 Å². The van der Waals surface area contributed by atoms with E-state index in [0.29, 0.717) is 5.75 Å². The van der Waals surface area contributed by atoms with Crippen LogP contribution >= 0.6 is 0 Å². The fourth-order valence-corrected chi connectivity index (χ4v) is 6.73. The van der Waals surface area contributed by atoms with Gasteiger partial charge in [0.25, 0.3) is 0 Å². The molecule has 1 rings (SSSR count). The van der Waals surface area contributed by atoms with Crippen LogP contribution in [-0.2, 0) is 6.42 Å². The van der Waals surface area contributed by atoms with E-state index in [4.69, 9.17) is 0 Å². The van der Waals surface area contributed by atoms with Gasteiger partial charge in [-0.15, -0.1) is 0 Å². The van der Waals surface area contributed by atoms with Gasteiger partial charge in [0, 0.05) is 0 Å². The Kier molecular flexibility index (Phi) is 26.8. The summed E-state index contributed by atoms with van der Waals surface area (Å²) in [6, 6.07) is 3.27. The van der Waals surface area contributed by atoms with Gasteiger partial charge in [-0.25, -0.2) is 0 Å². The molecular formula is C53H82O2. The molecule has 0 aliphatic rings. The van der Waals surface area contributed by atoms with Crippen molar-refractivity contribution in [2.24, 2.45) is 0 Å². The van der Waals surface area contributed by atoms with E-state index in [1.807, 2.05) is 6.92 Å². The predicted octanol–water partition coefficient (Wildman–Crippen LogP) is 17.1. The lowest BCUT2D eigenvalue weighted by Gasteiger charge is -2.07. The van der Waals surface area contributed by atoms with E-state index in [-0.39, 0.29) is 5.75 Å². The Labute approximate surface area is 340 Å². The van der Waals surface area contributed by atoms with Crippen LogP contribution in [0.2, 0.25) is 0 Å². The van der Waals surface area contributed by atoms with Crippen molar-refractivity contribution in [3.8, 4) is 11.5 Å². The molecule has 2 nitrogen and oxygen atoms in total. The smallest absolute Gasteiger partial charge is 0.121 e. The molecule has 0 spiro atoms. The number of phenolic OH excluding ortho intramolecular Hbond substituents is 2. The highest BCUT2D eigenvalue weighted by Gasteiger charge is 2.06. The van der Waals surface area contributed by atoms with Gasteiger partial charge in [-0.2, -0.15) is 0 Å². The van der Waals surface area contributed by atoms with Crippen LogP contribution in [0.4, 0.5) is 0 Å². The Bertz CT molecular complexity index is 1550. The summed E-state index contributed by atoms with van der Waals surface area (Å²) >= 11 is 0. The summed E-state index contributed by atoms with van der Waals surface area (Å²) in [6.07, 6.45) is 41.5. The van der Waals surface area contributed by atoms with Crippen molar-refractivity contribution < 1.29 is 10.2 Å². The van der Waals surface area contributed by atoms with Crippen LogP contribution in [0.5, 0.6) is 11.5 Å². The molecular weight excluding hydrogens is 669 g/mol. The lowest BCUT2D eigenvalue weighted by Crippen LogP contribution is -1.88. The molecule has 55 heavy (non-hydrogen) atoms. The number of phenols is 2. The van der Waals surface area contributed by atoms with Gasteiger partial charge in [-0.1, -0.05) is 105 Å². The van der Waals surface area contributed by atoms with Crippen LogP contribution in [0, 0.1) is 6.92 Å². The molecule has 0 radical (unpaired) electrons. The molecule has 0 saturated heterocycles. The SMILES string of the molecule is CC(C)=CCC/C(C)=C/CC/C(C)=C/CC/C(C)=C/CC/C(C)=C/CC/C(C)=C/CC/C(C)=C/CC/C(C)=C/CC/C(C)=C/CCc1cc(O)cc(C)c1O. The molecule has 0 bridgehead atoms. The topological polar surface area (TPSA) is 40.5 Å². The zero-order chi connectivity index (χ0) is 41.0. The first-order valence-electron chi connectivity index (χ1n) is 21.6. The minimum atomic E-state index is 0.221. The summed E-state index contributed by atoms with van der Waals surface area (Å²) in [7, 11) is 0. The van der Waals surface area contributed by atoms with Crippen LogP contribution in [0.1, 0.15) is 190 Å². The molecule has 0 aliphatic heterocycles. The fourth-order valence-electron chi connectivity index (χ4n) is 6.73. The highest BCUT2D eigenvalue weighted by Crippen LogP contribution is 2.28. The summed E-state index contributed by atoms with van der Waals surface area (Å²) < 4.78 is 0. The highest BCUT2D eigenvalue weighted by molar-refractivity contribution is 5.45. The van der Waals surface area contributed by atoms with Crippen LogP contribution in [0.3, 0.4) is 0 Å². The summed E-state index contributed by atoms with van der Waals surface area (Å²) in [5.41, 5.74) is 14.9. The van der Waals surface area contributed by atoms with E-state index >= 15 is 0 Å². The molecule has 0 aliphatic carbocycles. The molecule has 0 heterocycles. The third kappa shape index (κ3) is 26.8. The molecule has 2 N–H and O–H groups in total. The summed E-state index contributed by atoms with van der Waals surface area (Å²) in [5, 5.41) is 20.1. The van der Waals surface area contributed by atoms with Gasteiger partial charge in [-0.3, -0.25) is 0 Å². The van der Waals surface area contributed by atoms with Gasteiger partial charge < -0.3 is 10.2 Å². The Morgan fingerprint density at radius 1 is 0.382 bits per heavy atom. The second kappa shape index (κ2) is 29.7. The molecule has 1 aromatic carbocycles. The lowest BCUT2D eigenvalue weighted by molar-refractivity contribution is 0.450. The Hall–Kier alpha value is -3.52. The highest BCUT2D eigenvalue weighted by atomic mass is 16.3. The number of rotatable bonds is 27. The largest absolute Gasteiger partial charge is 0.508 e. The third-order valence-corrected chi connectivity index (χ3v) is 10.6. The van der Waals surface area contributed by atoms with Crippen molar-refractivity contribution in [1.82, 2.24) is 0 Å². The number of hydrogen-bond acceptors (Lipinski definition) is 2. The minimum Gasteiger partial charge on any atom is -0.508 e. The molecule has 1 aromatic rings. The maximum absolute atomic E-state index is 10.2. The summed E-state index contributed by atoms with van der Waals surface area (Å²) in [5.74, 6) is 0.524. The second-order valence-electron chi connectivity index (χ2n) is 16.8. The predicted molar refractivity (Wildman–Crippen MR) is 246 cm³/mol.